The van der Waals surface area contributed by atoms with E-state index in [2.05, 4.69) is 132 Å². The molecule has 0 radical (unpaired) electrons. The number of hydrogen-bond acceptors (Lipinski definition) is 3. The Kier molecular flexibility index (Phi) is 5.32. The number of fused-ring (bicyclic) bond motifs is 9. The molecule has 3 heteroatoms. The molecule has 5 aliphatic carbocycles. The van der Waals surface area contributed by atoms with Crippen molar-refractivity contribution < 1.29 is 4.42 Å². The Hall–Kier alpha value is -4.86. The van der Waals surface area contributed by atoms with E-state index in [0.717, 1.165) is 45.9 Å². The molecule has 4 fully saturated rings. The molecule has 49 heavy (non-hydrogen) atoms. The first-order chi connectivity index (χ1) is 24.2. The molecule has 0 N–H and O–H groups in total. The van der Waals surface area contributed by atoms with Crippen molar-refractivity contribution >= 4 is 70.5 Å². The van der Waals surface area contributed by atoms with Gasteiger partial charge in [0.25, 0.3) is 0 Å². The maximum atomic E-state index is 6.47. The lowest BCUT2D eigenvalue weighted by Crippen LogP contribution is -2.55. The molecular weight excluding hydrogens is 615 g/mol. The fraction of sp³-hybridized carbons (Fsp3) is 0.217. The van der Waals surface area contributed by atoms with Gasteiger partial charge in [0.2, 0.25) is 0 Å². The van der Waals surface area contributed by atoms with Crippen molar-refractivity contribution in [2.24, 2.45) is 23.7 Å². The lowest BCUT2D eigenvalue weighted by Gasteiger charge is -2.61. The minimum Gasteiger partial charge on any atom is -0.456 e. The van der Waals surface area contributed by atoms with Crippen LogP contribution in [0.5, 0.6) is 0 Å². The highest BCUT2D eigenvalue weighted by atomic mass is 32.1. The molecule has 0 atom stereocenters. The molecule has 236 valence electrons. The van der Waals surface area contributed by atoms with E-state index >= 15 is 0 Å². The van der Waals surface area contributed by atoms with Gasteiger partial charge in [0.1, 0.15) is 11.2 Å². The van der Waals surface area contributed by atoms with Gasteiger partial charge in [-0.2, -0.15) is 0 Å². The predicted molar refractivity (Wildman–Crippen MR) is 205 cm³/mol. The van der Waals surface area contributed by atoms with Crippen LogP contribution in [-0.2, 0) is 5.41 Å². The number of nitrogens with zero attached hydrogens (tertiary/aromatic N) is 1. The Labute approximate surface area is 289 Å². The van der Waals surface area contributed by atoms with E-state index in [-0.39, 0.29) is 5.41 Å². The van der Waals surface area contributed by atoms with Crippen LogP contribution in [0, 0.1) is 23.7 Å². The van der Waals surface area contributed by atoms with Crippen molar-refractivity contribution in [1.82, 2.24) is 0 Å². The molecule has 5 aliphatic rings. The van der Waals surface area contributed by atoms with Gasteiger partial charge in [-0.3, -0.25) is 0 Å². The number of para-hydroxylation sites is 1. The molecule has 2 heterocycles. The molecule has 13 rings (SSSR count). The molecule has 1 spiro atoms. The Bertz CT molecular complexity index is 2520. The summed E-state index contributed by atoms with van der Waals surface area (Å²) in [4.78, 5) is 2.49. The summed E-state index contributed by atoms with van der Waals surface area (Å²) in [5, 5.41) is 5.00. The Morgan fingerprint density at radius 2 is 1.10 bits per heavy atom. The minimum atomic E-state index is 0.124. The second kappa shape index (κ2) is 9.64. The third-order valence-corrected chi connectivity index (χ3v) is 14.2. The molecule has 4 saturated carbocycles. The van der Waals surface area contributed by atoms with Crippen LogP contribution < -0.4 is 4.90 Å². The van der Waals surface area contributed by atoms with Crippen molar-refractivity contribution in [3.05, 3.63) is 139 Å². The Morgan fingerprint density at radius 1 is 0.490 bits per heavy atom. The van der Waals surface area contributed by atoms with Gasteiger partial charge < -0.3 is 9.32 Å². The van der Waals surface area contributed by atoms with Gasteiger partial charge in [0, 0.05) is 59.5 Å². The van der Waals surface area contributed by atoms with Crippen LogP contribution in [0.3, 0.4) is 0 Å². The normalized spacial score (nSPS) is 24.8. The van der Waals surface area contributed by atoms with E-state index < -0.39 is 0 Å². The molecule has 8 aromatic rings. The van der Waals surface area contributed by atoms with Crippen LogP contribution in [0.1, 0.15) is 43.2 Å². The maximum absolute atomic E-state index is 6.47. The second-order valence-corrected chi connectivity index (χ2v) is 16.4. The molecule has 0 aliphatic heterocycles. The number of thiophene rings is 1. The molecule has 0 saturated heterocycles. The summed E-state index contributed by atoms with van der Waals surface area (Å²) >= 11 is 1.89. The summed E-state index contributed by atoms with van der Waals surface area (Å²) in [6, 6.07) is 47.9. The van der Waals surface area contributed by atoms with Crippen molar-refractivity contribution in [3.63, 3.8) is 0 Å². The van der Waals surface area contributed by atoms with Crippen molar-refractivity contribution in [2.75, 3.05) is 4.90 Å². The van der Waals surface area contributed by atoms with Gasteiger partial charge in [-0.05, 0) is 127 Å². The number of benzene rings is 6. The van der Waals surface area contributed by atoms with Crippen molar-refractivity contribution in [3.8, 4) is 11.1 Å². The zero-order valence-electron chi connectivity index (χ0n) is 27.2. The molecule has 4 bridgehead atoms. The molecule has 2 nitrogen and oxygen atoms in total. The lowest BCUT2D eigenvalue weighted by molar-refractivity contribution is -0.0399. The van der Waals surface area contributed by atoms with Gasteiger partial charge >= 0.3 is 0 Å². The SMILES string of the molecule is c1ccc2c(c1)-c1ccc(N(c3ccc4c(c3)oc3ccccc34)c3ccc4c(c3)sc3ccccc34)cc1C21C2CC3CC(C2)CC1C3. The van der Waals surface area contributed by atoms with E-state index in [0.29, 0.717) is 0 Å². The number of rotatable bonds is 3. The van der Waals surface area contributed by atoms with Gasteiger partial charge in [-0.15, -0.1) is 11.3 Å². The standard InChI is InChI=1S/C46H35NOS/c1-4-10-40-34(7-1)35-16-13-31(24-41(35)46(40)29-20-27-19-28(22-29)23-30(46)21-27)47(32-14-17-37-36-8-2-5-11-42(36)48-43(37)25-32)33-15-18-39-38-9-3-6-12-44(38)49-45(39)26-33/h1-18,24-30H,19-23H2. The quantitative estimate of drug-likeness (QED) is 0.189. The lowest BCUT2D eigenvalue weighted by atomic mass is 9.43. The molecule has 0 amide bonds. The van der Waals surface area contributed by atoms with Crippen LogP contribution in [0.4, 0.5) is 17.1 Å². The summed E-state index contributed by atoms with van der Waals surface area (Å²) in [5.74, 6) is 3.31. The molecular formula is C46H35NOS. The van der Waals surface area contributed by atoms with E-state index in [9.17, 15) is 0 Å². The third-order valence-electron chi connectivity index (χ3n) is 13.0. The zero-order chi connectivity index (χ0) is 31.8. The van der Waals surface area contributed by atoms with E-state index in [1.165, 1.54) is 80.2 Å². The third kappa shape index (κ3) is 3.56. The Morgan fingerprint density at radius 3 is 1.96 bits per heavy atom. The summed E-state index contributed by atoms with van der Waals surface area (Å²) in [6.45, 7) is 0. The highest BCUT2D eigenvalue weighted by molar-refractivity contribution is 7.25. The summed E-state index contributed by atoms with van der Waals surface area (Å²) in [7, 11) is 0. The average molecular weight is 650 g/mol. The van der Waals surface area contributed by atoms with Crippen LogP contribution in [0.25, 0.3) is 53.2 Å². The Balaban J connectivity index is 1.09. The minimum absolute atomic E-state index is 0.124. The second-order valence-electron chi connectivity index (χ2n) is 15.3. The summed E-state index contributed by atoms with van der Waals surface area (Å²) < 4.78 is 9.13. The average Bonchev–Trinajstić information content (AvgIpc) is 3.78. The molecule has 6 aromatic carbocycles. The molecule has 2 aromatic heterocycles. The van der Waals surface area contributed by atoms with Gasteiger partial charge in [-0.25, -0.2) is 0 Å². The van der Waals surface area contributed by atoms with Gasteiger partial charge in [0.15, 0.2) is 0 Å². The van der Waals surface area contributed by atoms with E-state index in [1.807, 2.05) is 11.3 Å². The van der Waals surface area contributed by atoms with Crippen molar-refractivity contribution in [1.29, 1.82) is 0 Å². The van der Waals surface area contributed by atoms with E-state index in [1.54, 1.807) is 11.1 Å². The topological polar surface area (TPSA) is 16.4 Å². The first-order valence-corrected chi connectivity index (χ1v) is 18.9. The van der Waals surface area contributed by atoms with E-state index in [4.69, 9.17) is 4.42 Å². The number of hydrogen-bond donors (Lipinski definition) is 0. The monoisotopic (exact) mass is 649 g/mol. The maximum Gasteiger partial charge on any atom is 0.137 e. The number of anilines is 3. The van der Waals surface area contributed by atoms with Gasteiger partial charge in [-0.1, -0.05) is 72.8 Å². The highest BCUT2D eigenvalue weighted by Gasteiger charge is 2.61. The number of furan rings is 1. The predicted octanol–water partition coefficient (Wildman–Crippen LogP) is 13.1. The van der Waals surface area contributed by atoms with Crippen LogP contribution in [0.2, 0.25) is 0 Å². The van der Waals surface area contributed by atoms with Crippen molar-refractivity contribution in [2.45, 2.75) is 37.5 Å². The first-order valence-electron chi connectivity index (χ1n) is 18.1. The first kappa shape index (κ1) is 27.0. The van der Waals surface area contributed by atoms with Crippen LogP contribution in [-0.4, -0.2) is 0 Å². The fourth-order valence-electron chi connectivity index (χ4n) is 11.4. The largest absolute Gasteiger partial charge is 0.456 e. The summed E-state index contributed by atoms with van der Waals surface area (Å²) in [6.07, 6.45) is 7.02. The fourth-order valence-corrected chi connectivity index (χ4v) is 12.6. The van der Waals surface area contributed by atoms with Crippen LogP contribution in [0.15, 0.2) is 132 Å². The zero-order valence-corrected chi connectivity index (χ0v) is 28.0. The van der Waals surface area contributed by atoms with Crippen LogP contribution >= 0.6 is 11.3 Å². The highest BCUT2D eigenvalue weighted by Crippen LogP contribution is 2.69. The smallest absolute Gasteiger partial charge is 0.137 e. The molecule has 0 unspecified atom stereocenters. The summed E-state index contributed by atoms with van der Waals surface area (Å²) in [5.41, 5.74) is 11.7. The van der Waals surface area contributed by atoms with Gasteiger partial charge in [0.05, 0.1) is 0 Å².